The summed E-state index contributed by atoms with van der Waals surface area (Å²) in [5.41, 5.74) is 5.67. The third-order valence-electron chi connectivity index (χ3n) is 3.22. The van der Waals surface area contributed by atoms with Gasteiger partial charge in [-0.3, -0.25) is 4.79 Å². The van der Waals surface area contributed by atoms with Gasteiger partial charge in [-0.2, -0.15) is 0 Å². The lowest BCUT2D eigenvalue weighted by molar-refractivity contribution is -0.141. The highest BCUT2D eigenvalue weighted by atomic mass is 16.4. The Bertz CT molecular complexity index is 572. The summed E-state index contributed by atoms with van der Waals surface area (Å²) in [6.45, 7) is -0.0168. The number of benzene rings is 1. The summed E-state index contributed by atoms with van der Waals surface area (Å²) in [6.07, 6.45) is -0.826. The van der Waals surface area contributed by atoms with Crippen LogP contribution in [0.1, 0.15) is 16.8 Å². The molecule has 0 unspecified atom stereocenters. The number of hydrogen-bond acceptors (Lipinski definition) is 4. The standard InChI is InChI=1S/C13H15N3O5/c14-13(21)15-8-3-1-7(2-4-8)11(18)16-6-9(17)5-10(16)12(19)20/h1-4,9-10,17H,5-6H2,(H,19,20)(H3,14,15,21)/t9-,10+/m1/s1. The number of urea groups is 1. The van der Waals surface area contributed by atoms with Gasteiger partial charge in [-0.25, -0.2) is 9.59 Å². The number of β-amino-alcohol motifs (C(OH)–C–C–N with tert-alkyl or cyclic N) is 1. The van der Waals surface area contributed by atoms with Crippen LogP contribution < -0.4 is 11.1 Å². The lowest BCUT2D eigenvalue weighted by Crippen LogP contribution is -2.40. The largest absolute Gasteiger partial charge is 0.480 e. The maximum absolute atomic E-state index is 12.3. The number of nitrogens with two attached hydrogens (primary N) is 1. The highest BCUT2D eigenvalue weighted by Crippen LogP contribution is 2.21. The molecule has 112 valence electrons. The van der Waals surface area contributed by atoms with E-state index in [4.69, 9.17) is 10.8 Å². The van der Waals surface area contributed by atoms with Crippen molar-refractivity contribution in [3.63, 3.8) is 0 Å². The Morgan fingerprint density at radius 2 is 1.86 bits per heavy atom. The maximum atomic E-state index is 12.3. The molecule has 5 N–H and O–H groups in total. The van der Waals surface area contributed by atoms with Crippen molar-refractivity contribution in [3.8, 4) is 0 Å². The number of anilines is 1. The number of likely N-dealkylation sites (tertiary alicyclic amines) is 1. The van der Waals surface area contributed by atoms with Crippen molar-refractivity contribution in [1.29, 1.82) is 0 Å². The van der Waals surface area contributed by atoms with Crippen LogP contribution in [0.25, 0.3) is 0 Å². The molecule has 0 spiro atoms. The lowest BCUT2D eigenvalue weighted by Gasteiger charge is -2.21. The third kappa shape index (κ3) is 3.29. The van der Waals surface area contributed by atoms with Gasteiger partial charge in [0.2, 0.25) is 0 Å². The van der Waals surface area contributed by atoms with Gasteiger partial charge in [-0.15, -0.1) is 0 Å². The number of rotatable bonds is 3. The molecule has 1 aromatic carbocycles. The van der Waals surface area contributed by atoms with E-state index in [-0.39, 0.29) is 18.5 Å². The average Bonchev–Trinajstić information content (AvgIpc) is 2.80. The topological polar surface area (TPSA) is 133 Å². The van der Waals surface area contributed by atoms with Crippen LogP contribution in [0, 0.1) is 0 Å². The fourth-order valence-corrected chi connectivity index (χ4v) is 2.28. The van der Waals surface area contributed by atoms with Crippen molar-refractivity contribution in [3.05, 3.63) is 29.8 Å². The molecule has 1 aliphatic rings. The number of carboxylic acids is 1. The van der Waals surface area contributed by atoms with Crippen LogP contribution in [0.15, 0.2) is 24.3 Å². The first-order valence-electron chi connectivity index (χ1n) is 6.27. The van der Waals surface area contributed by atoms with Gasteiger partial charge in [0.1, 0.15) is 6.04 Å². The van der Waals surface area contributed by atoms with Gasteiger partial charge in [0, 0.05) is 24.2 Å². The smallest absolute Gasteiger partial charge is 0.326 e. The molecule has 1 fully saturated rings. The third-order valence-corrected chi connectivity index (χ3v) is 3.22. The summed E-state index contributed by atoms with van der Waals surface area (Å²) in [4.78, 5) is 35.2. The van der Waals surface area contributed by atoms with E-state index < -0.39 is 30.1 Å². The summed E-state index contributed by atoms with van der Waals surface area (Å²) < 4.78 is 0. The molecule has 1 aliphatic heterocycles. The van der Waals surface area contributed by atoms with Crippen molar-refractivity contribution in [2.75, 3.05) is 11.9 Å². The fraction of sp³-hybridized carbons (Fsp3) is 0.308. The summed E-state index contributed by atoms with van der Waals surface area (Å²) >= 11 is 0. The zero-order chi connectivity index (χ0) is 15.6. The van der Waals surface area contributed by atoms with Gasteiger partial charge in [0.05, 0.1) is 6.10 Å². The fourth-order valence-electron chi connectivity index (χ4n) is 2.28. The first-order valence-corrected chi connectivity index (χ1v) is 6.27. The van der Waals surface area contributed by atoms with Gasteiger partial charge < -0.3 is 26.2 Å². The molecule has 8 nitrogen and oxygen atoms in total. The second-order valence-corrected chi connectivity index (χ2v) is 4.77. The molecule has 0 saturated carbocycles. The second kappa shape index (κ2) is 5.80. The molecular formula is C13H15N3O5. The summed E-state index contributed by atoms with van der Waals surface area (Å²) in [5, 5.41) is 21.0. The van der Waals surface area contributed by atoms with Crippen molar-refractivity contribution < 1.29 is 24.6 Å². The normalized spacial score (nSPS) is 21.1. The van der Waals surface area contributed by atoms with Crippen LogP contribution in [-0.2, 0) is 4.79 Å². The molecule has 8 heteroatoms. The molecule has 0 aromatic heterocycles. The van der Waals surface area contributed by atoms with Gasteiger partial charge >= 0.3 is 12.0 Å². The van der Waals surface area contributed by atoms with E-state index in [1.807, 2.05) is 0 Å². The Morgan fingerprint density at radius 1 is 1.24 bits per heavy atom. The van der Waals surface area contributed by atoms with Crippen molar-refractivity contribution in [2.24, 2.45) is 5.73 Å². The first-order chi connectivity index (χ1) is 9.88. The Balaban J connectivity index is 2.15. The van der Waals surface area contributed by atoms with E-state index in [0.717, 1.165) is 4.90 Å². The number of aliphatic hydroxyl groups is 1. The van der Waals surface area contributed by atoms with Crippen molar-refractivity contribution >= 4 is 23.6 Å². The van der Waals surface area contributed by atoms with Gasteiger partial charge in [-0.1, -0.05) is 0 Å². The molecular weight excluding hydrogens is 278 g/mol. The van der Waals surface area contributed by atoms with Crippen LogP contribution >= 0.6 is 0 Å². The Hall–Kier alpha value is -2.61. The summed E-state index contributed by atoms with van der Waals surface area (Å²) in [5.74, 6) is -1.63. The van der Waals surface area contributed by atoms with E-state index in [1.165, 1.54) is 24.3 Å². The molecule has 2 atom stereocenters. The van der Waals surface area contributed by atoms with Crippen LogP contribution in [-0.4, -0.2) is 51.7 Å². The summed E-state index contributed by atoms with van der Waals surface area (Å²) in [6, 6.07) is 4.13. The van der Waals surface area contributed by atoms with Crippen LogP contribution in [0.2, 0.25) is 0 Å². The molecule has 0 aliphatic carbocycles. The minimum atomic E-state index is -1.15. The predicted molar refractivity (Wildman–Crippen MR) is 72.7 cm³/mol. The molecule has 0 radical (unpaired) electrons. The van der Waals surface area contributed by atoms with Crippen LogP contribution in [0.3, 0.4) is 0 Å². The van der Waals surface area contributed by atoms with E-state index in [0.29, 0.717) is 5.69 Å². The van der Waals surface area contributed by atoms with E-state index in [2.05, 4.69) is 5.32 Å². The van der Waals surface area contributed by atoms with E-state index >= 15 is 0 Å². The zero-order valence-electron chi connectivity index (χ0n) is 11.0. The highest BCUT2D eigenvalue weighted by Gasteiger charge is 2.39. The Labute approximate surface area is 120 Å². The number of nitrogens with zero attached hydrogens (tertiary/aromatic N) is 1. The minimum Gasteiger partial charge on any atom is -0.480 e. The summed E-state index contributed by atoms with van der Waals surface area (Å²) in [7, 11) is 0. The molecule has 2 rings (SSSR count). The number of aliphatic hydroxyl groups excluding tert-OH is 1. The number of carboxylic acid groups (broad SMARTS) is 1. The van der Waals surface area contributed by atoms with Gasteiger partial charge in [0.15, 0.2) is 0 Å². The monoisotopic (exact) mass is 293 g/mol. The van der Waals surface area contributed by atoms with Crippen molar-refractivity contribution in [2.45, 2.75) is 18.6 Å². The lowest BCUT2D eigenvalue weighted by atomic mass is 10.1. The van der Waals surface area contributed by atoms with E-state index in [1.54, 1.807) is 0 Å². The zero-order valence-corrected chi connectivity index (χ0v) is 11.0. The number of amides is 3. The first kappa shape index (κ1) is 14.8. The number of nitrogens with one attached hydrogen (secondary N) is 1. The molecule has 1 aromatic rings. The molecule has 3 amide bonds. The number of carbonyl (C=O) groups excluding carboxylic acids is 2. The van der Waals surface area contributed by atoms with Gasteiger partial charge in [-0.05, 0) is 24.3 Å². The average molecular weight is 293 g/mol. The molecule has 21 heavy (non-hydrogen) atoms. The molecule has 1 heterocycles. The highest BCUT2D eigenvalue weighted by molar-refractivity contribution is 5.97. The molecule has 0 bridgehead atoms. The quantitative estimate of drug-likeness (QED) is 0.614. The minimum absolute atomic E-state index is 0.0163. The number of primary amides is 1. The number of hydrogen-bond donors (Lipinski definition) is 4. The Kier molecular flexibility index (Phi) is 4.08. The number of carbonyl (C=O) groups is 3. The predicted octanol–water partition coefficient (Wildman–Crippen LogP) is -0.163. The second-order valence-electron chi connectivity index (χ2n) is 4.77. The maximum Gasteiger partial charge on any atom is 0.326 e. The van der Waals surface area contributed by atoms with E-state index in [9.17, 15) is 19.5 Å². The SMILES string of the molecule is NC(=O)Nc1ccc(C(=O)N2C[C@H](O)C[C@H]2C(=O)O)cc1. The van der Waals surface area contributed by atoms with Crippen LogP contribution in [0.4, 0.5) is 10.5 Å². The van der Waals surface area contributed by atoms with Crippen LogP contribution in [0.5, 0.6) is 0 Å². The van der Waals surface area contributed by atoms with Crippen molar-refractivity contribution in [1.82, 2.24) is 4.90 Å². The number of aliphatic carboxylic acids is 1. The molecule has 1 saturated heterocycles. The Morgan fingerprint density at radius 3 is 2.38 bits per heavy atom. The van der Waals surface area contributed by atoms with Gasteiger partial charge in [0.25, 0.3) is 5.91 Å².